The Balaban J connectivity index is -0.0000000987. The van der Waals surface area contributed by atoms with Crippen LogP contribution >= 0.6 is 45.2 Å². The minimum Gasteiger partial charge on any atom is -0.196 e. The summed E-state index contributed by atoms with van der Waals surface area (Å²) in [6.07, 6.45) is -17.9. The summed E-state index contributed by atoms with van der Waals surface area (Å²) in [5, 5.41) is 0. The highest BCUT2D eigenvalue weighted by atomic mass is 127. The first-order valence-electron chi connectivity index (χ1n) is 6.09. The molecule has 0 saturated carbocycles. The van der Waals surface area contributed by atoms with E-state index in [1.807, 2.05) is 0 Å². The van der Waals surface area contributed by atoms with Gasteiger partial charge in [0.25, 0.3) is 0 Å². The second-order valence-electron chi connectivity index (χ2n) is 3.96. The lowest BCUT2D eigenvalue weighted by Crippen LogP contribution is -2.36. The highest BCUT2D eigenvalue weighted by Crippen LogP contribution is 2.40. The summed E-state index contributed by atoms with van der Waals surface area (Å²) in [7, 11) is 0. The van der Waals surface area contributed by atoms with E-state index in [4.69, 9.17) is 0 Å². The van der Waals surface area contributed by atoms with E-state index in [2.05, 4.69) is 19.7 Å². The van der Waals surface area contributed by atoms with E-state index in [0.717, 1.165) is 0 Å². The summed E-state index contributed by atoms with van der Waals surface area (Å²) >= 11 is 1.50. The molecule has 0 unspecified atom stereocenters. The van der Waals surface area contributed by atoms with Crippen molar-refractivity contribution in [3.63, 3.8) is 0 Å². The molecule has 180 valence electrons. The van der Waals surface area contributed by atoms with E-state index in [1.165, 1.54) is 22.6 Å². The Morgan fingerprint density at radius 1 is 0.655 bits per heavy atom. The summed E-state index contributed by atoms with van der Waals surface area (Å²) in [6.45, 7) is 8.33. The van der Waals surface area contributed by atoms with Gasteiger partial charge in [-0.25, -0.2) is 0 Å². The Morgan fingerprint density at radius 2 is 0.931 bits per heavy atom. The van der Waals surface area contributed by atoms with Crippen LogP contribution in [0.25, 0.3) is 0 Å². The zero-order valence-corrected chi connectivity index (χ0v) is 17.9. The van der Waals surface area contributed by atoms with Gasteiger partial charge in [-0.1, -0.05) is 29.2 Å². The van der Waals surface area contributed by atoms with E-state index in [0.29, 0.717) is 0 Å². The molecule has 0 heterocycles. The Labute approximate surface area is 183 Å². The maximum Gasteiger partial charge on any atom is 0.463 e. The van der Waals surface area contributed by atoms with E-state index < -0.39 is 46.8 Å². The second kappa shape index (κ2) is 13.3. The molecule has 0 rings (SSSR count). The Hall–Kier alpha value is -0.110. The summed E-state index contributed by atoms with van der Waals surface area (Å²) < 4.78 is 163. The summed E-state index contributed by atoms with van der Waals surface area (Å²) in [6, 6.07) is 0. The smallest absolute Gasteiger partial charge is 0.196 e. The quantitative estimate of drug-likeness (QED) is 0.120. The number of hydrogen-bond donors (Lipinski definition) is 0. The molecule has 0 saturated heterocycles. The Kier molecular flexibility index (Phi) is 16.7. The van der Waals surface area contributed by atoms with Crippen LogP contribution in [0.2, 0.25) is 0 Å². The predicted molar refractivity (Wildman–Crippen MR) is 94.1 cm³/mol. The molecule has 0 aromatic carbocycles. The van der Waals surface area contributed by atoms with Crippen LogP contribution in [0.1, 0.15) is 7.85 Å². The first kappa shape index (κ1) is 36.3. The molecule has 0 aliphatic rings. The molecule has 0 atom stereocenters. The molecule has 0 spiro atoms. The molecular formula is C12H13F15I2. The Morgan fingerprint density at radius 3 is 0.966 bits per heavy atom. The lowest BCUT2D eigenvalue weighted by molar-refractivity contribution is -0.282. The van der Waals surface area contributed by atoms with Gasteiger partial charge in [-0.3, -0.25) is 0 Å². The van der Waals surface area contributed by atoms with Crippen molar-refractivity contribution in [1.29, 1.82) is 0 Å². The van der Waals surface area contributed by atoms with Gasteiger partial charge in [-0.2, -0.15) is 65.9 Å². The first-order chi connectivity index (χ1) is 12.4. The van der Waals surface area contributed by atoms with Crippen LogP contribution < -0.4 is 0 Å². The van der Waals surface area contributed by atoms with Gasteiger partial charge >= 0.3 is 34.3 Å². The fourth-order valence-corrected chi connectivity index (χ4v) is 1.05. The number of allylic oxidation sites excluding steroid dienone is 1. The zero-order valence-electron chi connectivity index (χ0n) is 13.5. The van der Waals surface area contributed by atoms with E-state index in [9.17, 15) is 65.9 Å². The van der Waals surface area contributed by atoms with Crippen LogP contribution in [0.4, 0.5) is 65.9 Å². The van der Waals surface area contributed by atoms with Crippen molar-refractivity contribution in [2.24, 2.45) is 0 Å². The minimum atomic E-state index is -5.51. The van der Waals surface area contributed by atoms with E-state index in [-0.39, 0.29) is 28.4 Å². The third kappa shape index (κ3) is 16.3. The third-order valence-corrected chi connectivity index (χ3v) is 2.93. The fourth-order valence-electron chi connectivity index (χ4n) is 0.376. The standard InChI is InChI=1S/C4H4F5I.C4H3F5.C2F5I.C2H4.H2/c5-3(6,1-2-10)4(7,8)9;1-2-3(5,6)4(7,8)9;3-1(4,5)2(6,7)8;1-2;/h1-2H2;2H,1H2;;1-2H2;1H/i;;;;1+1. The fraction of sp³-hybridized carbons (Fsp3) is 0.667. The molecule has 0 nitrogen and oxygen atoms in total. The summed E-state index contributed by atoms with van der Waals surface area (Å²) in [4.78, 5) is 0. The van der Waals surface area contributed by atoms with Crippen LogP contribution in [-0.2, 0) is 0 Å². The van der Waals surface area contributed by atoms with Gasteiger partial charge < -0.3 is 0 Å². The molecule has 0 fully saturated rings. The van der Waals surface area contributed by atoms with Crippen LogP contribution in [0.5, 0.6) is 0 Å². The van der Waals surface area contributed by atoms with Crippen molar-refractivity contribution in [3.05, 3.63) is 25.8 Å². The average molecular weight is 697 g/mol. The lowest BCUT2D eigenvalue weighted by Gasteiger charge is -2.17. The largest absolute Gasteiger partial charge is 0.463 e. The molecule has 0 aliphatic heterocycles. The molecule has 0 aromatic heterocycles. The molecular weight excluding hydrogens is 683 g/mol. The molecule has 0 bridgehead atoms. The van der Waals surface area contributed by atoms with Crippen molar-refractivity contribution < 1.29 is 67.3 Å². The maximum absolute atomic E-state index is 11.8. The van der Waals surface area contributed by atoms with Gasteiger partial charge in [0.2, 0.25) is 0 Å². The second-order valence-corrected chi connectivity index (χ2v) is 6.40. The molecule has 17 heteroatoms. The van der Waals surface area contributed by atoms with Crippen LogP contribution in [0.15, 0.2) is 25.8 Å². The van der Waals surface area contributed by atoms with Gasteiger partial charge in [0.1, 0.15) is 0 Å². The van der Waals surface area contributed by atoms with Gasteiger partial charge in [0.05, 0.1) is 0 Å². The van der Waals surface area contributed by atoms with Gasteiger partial charge in [-0.15, -0.1) is 13.2 Å². The molecule has 29 heavy (non-hydrogen) atoms. The number of rotatable bonds is 3. The summed E-state index contributed by atoms with van der Waals surface area (Å²) in [5.41, 5.74) is 0. The average Bonchev–Trinajstić information content (AvgIpc) is 2.46. The zero-order chi connectivity index (χ0) is 25.1. The van der Waals surface area contributed by atoms with Crippen molar-refractivity contribution in [1.82, 2.24) is 0 Å². The minimum absolute atomic E-state index is 0. The highest BCUT2D eigenvalue weighted by molar-refractivity contribution is 14.1. The van der Waals surface area contributed by atoms with Crippen molar-refractivity contribution in [3.8, 4) is 0 Å². The van der Waals surface area contributed by atoms with E-state index in [1.54, 1.807) is 0 Å². The lowest BCUT2D eigenvalue weighted by atomic mass is 10.2. The number of halogens is 17. The molecule has 0 aliphatic carbocycles. The monoisotopic (exact) mass is 697 g/mol. The summed E-state index contributed by atoms with van der Waals surface area (Å²) in [5.74, 6) is -9.28. The maximum atomic E-state index is 11.8. The molecule has 0 N–H and O–H groups in total. The predicted octanol–water partition coefficient (Wildman–Crippen LogP) is 9.00. The van der Waals surface area contributed by atoms with Crippen LogP contribution in [0, 0.1) is 0 Å². The molecule has 0 aromatic rings. The van der Waals surface area contributed by atoms with Crippen molar-refractivity contribution >= 4 is 45.2 Å². The van der Waals surface area contributed by atoms with Gasteiger partial charge in [-0.05, 0) is 6.08 Å². The molecule has 0 radical (unpaired) electrons. The first-order valence-corrected chi connectivity index (χ1v) is 8.70. The molecule has 0 amide bonds. The van der Waals surface area contributed by atoms with E-state index >= 15 is 0 Å². The number of alkyl halides is 17. The van der Waals surface area contributed by atoms with Gasteiger partial charge in [0.15, 0.2) is 0 Å². The van der Waals surface area contributed by atoms with Gasteiger partial charge in [0, 0.05) is 34.9 Å². The van der Waals surface area contributed by atoms with Crippen molar-refractivity contribution in [2.75, 3.05) is 4.43 Å². The van der Waals surface area contributed by atoms with Crippen molar-refractivity contribution in [2.45, 2.75) is 40.7 Å². The third-order valence-electron chi connectivity index (χ3n) is 1.78. The highest BCUT2D eigenvalue weighted by Gasteiger charge is 2.57. The SMILES string of the molecule is C=C.C=CC(F)(F)C(F)(F)F.FC(F)(F)C(F)(F)CCI.FC(F)(F)C(F)(F)I.[2HH]. The van der Waals surface area contributed by atoms with Crippen LogP contribution in [0.3, 0.4) is 0 Å². The van der Waals surface area contributed by atoms with Crippen LogP contribution in [-0.4, -0.2) is 38.7 Å². The number of hydrogen-bond acceptors (Lipinski definition) is 0. The normalized spacial score (nSPS) is 13.0. The topological polar surface area (TPSA) is 0 Å². The Bertz CT molecular complexity index is 436.